The highest BCUT2D eigenvalue weighted by Gasteiger charge is 2.45. The molecule has 0 amide bonds. The molecule has 20 rings (SSSR count). The van der Waals surface area contributed by atoms with Crippen LogP contribution in [-0.4, -0.2) is 27.6 Å². The second-order valence-electron chi connectivity index (χ2n) is 25.9. The molecule has 4 heterocycles. The van der Waals surface area contributed by atoms with Gasteiger partial charge in [-0.25, -0.2) is 0 Å². The van der Waals surface area contributed by atoms with Gasteiger partial charge in [-0.3, -0.25) is 0 Å². The Bertz CT molecular complexity index is 5410. The van der Waals surface area contributed by atoms with Gasteiger partial charge in [-0.1, -0.05) is 241 Å². The lowest BCUT2D eigenvalue weighted by Gasteiger charge is -2.38. The summed E-state index contributed by atoms with van der Waals surface area (Å²) in [7, 11) is 3.54. The zero-order valence-electron chi connectivity index (χ0n) is 52.7. The fraction of sp³-hybridized carbons (Fsp3) is 0.0222. The fourth-order valence-corrected chi connectivity index (χ4v) is 16.9. The first kappa shape index (κ1) is 54.4. The predicted octanol–water partition coefficient (Wildman–Crippen LogP) is 19.1. The average Bonchev–Trinajstić information content (AvgIpc) is 0.665. The van der Waals surface area contributed by atoms with Crippen molar-refractivity contribution in [3.8, 4) is 146 Å². The second-order valence-corrected chi connectivity index (χ2v) is 25.9. The topological polar surface area (TPSA) is 36.9 Å². The summed E-state index contributed by atoms with van der Waals surface area (Å²) in [5.74, 6) is 4.76. The van der Waals surface area contributed by atoms with Gasteiger partial charge < -0.3 is 18.9 Å². The standard InChI is InChI=1S/C90H56B2O4/c1-93-61-45-73-69-49-67(83-63(55-29-13-5-14-30-55)41-59(53-25-9-3-10-26-53)42-64(83)56-31-15-6-16-32-56)71-52-78-86-70(74-46-62(94-2)48-82-90(74)92(78)76-38-22-24-40-80(76)96-82)50-68(72-51-77(85(69)87(71)88(72)86)91-75-37-21-23-39-79(75)95-81(47-61)89(73)91)84-65(57-33-17-7-18-34-57)43-60(54-27-11-4-12-28-54)44-66(84)58-35-19-8-20-36-58/h3-52H,1-2H3. The SMILES string of the molecule is COc1cc2c3c(c1)-c1cc(-c4c(-c5ccccc5)cc(-c5ccccc5)cc4-c4ccccc4)c4cc5c6c(cc(-c7c(-c8ccccc8)cc(-c8ccccc8)cc7-c7ccccc7)c7cc(c1c4c76)B3c1ccccc1O2)-c1cc(OC)cc2c1B5c1ccccc1O2. The van der Waals surface area contributed by atoms with Gasteiger partial charge in [0, 0.05) is 12.1 Å². The zero-order valence-corrected chi connectivity index (χ0v) is 52.7. The normalized spacial score (nSPS) is 12.6. The van der Waals surface area contributed by atoms with E-state index in [2.05, 4.69) is 303 Å². The molecule has 0 bridgehead atoms. The monoisotopic (exact) mass is 1220 g/mol. The van der Waals surface area contributed by atoms with E-state index in [4.69, 9.17) is 18.9 Å². The Labute approximate surface area is 557 Å². The van der Waals surface area contributed by atoms with Crippen molar-refractivity contribution in [3.63, 3.8) is 0 Å². The molecule has 446 valence electrons. The molecule has 4 aliphatic heterocycles. The molecule has 0 aromatic heterocycles. The first-order valence-electron chi connectivity index (χ1n) is 33.1. The number of hydrogen-bond acceptors (Lipinski definition) is 4. The number of fused-ring (bicyclic) bond motifs is 8. The summed E-state index contributed by atoms with van der Waals surface area (Å²) < 4.78 is 27.1. The van der Waals surface area contributed by atoms with Crippen LogP contribution in [0.25, 0.3) is 144 Å². The van der Waals surface area contributed by atoms with E-state index in [9.17, 15) is 0 Å². The van der Waals surface area contributed by atoms with Crippen LogP contribution in [0.15, 0.2) is 303 Å². The maximum atomic E-state index is 7.18. The minimum absolute atomic E-state index is 0.210. The number of rotatable bonds is 10. The minimum Gasteiger partial charge on any atom is -0.497 e. The molecule has 0 aliphatic carbocycles. The van der Waals surface area contributed by atoms with E-state index < -0.39 is 0 Å². The van der Waals surface area contributed by atoms with Gasteiger partial charge in [0.15, 0.2) is 0 Å². The zero-order chi connectivity index (χ0) is 63.3. The third-order valence-corrected chi connectivity index (χ3v) is 20.9. The smallest absolute Gasteiger partial charge is 0.252 e. The van der Waals surface area contributed by atoms with Crippen LogP contribution in [0.4, 0.5) is 0 Å². The van der Waals surface area contributed by atoms with Crippen molar-refractivity contribution < 1.29 is 18.9 Å². The summed E-state index contributed by atoms with van der Waals surface area (Å²) in [5.41, 5.74) is 29.7. The Hall–Kier alpha value is -12.1. The number of para-hydroxylation sites is 2. The summed E-state index contributed by atoms with van der Waals surface area (Å²) >= 11 is 0. The molecular formula is C90H56B2O4. The molecule has 0 spiro atoms. The Balaban J connectivity index is 1.05. The maximum absolute atomic E-state index is 7.18. The number of methoxy groups -OCH3 is 2. The van der Waals surface area contributed by atoms with Crippen LogP contribution < -0.4 is 51.7 Å². The fourth-order valence-electron chi connectivity index (χ4n) is 16.9. The van der Waals surface area contributed by atoms with Crippen molar-refractivity contribution in [2.24, 2.45) is 0 Å². The van der Waals surface area contributed by atoms with Crippen LogP contribution in [0.1, 0.15) is 0 Å². The van der Waals surface area contributed by atoms with Crippen LogP contribution in [0, 0.1) is 0 Å². The summed E-state index contributed by atoms with van der Waals surface area (Å²) in [6, 6.07) is 112. The molecule has 16 aromatic rings. The third-order valence-electron chi connectivity index (χ3n) is 20.9. The second kappa shape index (κ2) is 21.2. The molecule has 16 aromatic carbocycles. The van der Waals surface area contributed by atoms with E-state index >= 15 is 0 Å². The Morgan fingerprint density at radius 1 is 0.229 bits per heavy atom. The Kier molecular flexibility index (Phi) is 12.0. The molecule has 0 atom stereocenters. The lowest BCUT2D eigenvalue weighted by atomic mass is 9.32. The summed E-state index contributed by atoms with van der Waals surface area (Å²) in [6.07, 6.45) is 0. The van der Waals surface area contributed by atoms with Crippen LogP contribution >= 0.6 is 0 Å². The van der Waals surface area contributed by atoms with Gasteiger partial charge in [0.25, 0.3) is 13.4 Å². The van der Waals surface area contributed by atoms with Gasteiger partial charge in [0.2, 0.25) is 0 Å². The molecule has 0 saturated heterocycles. The van der Waals surface area contributed by atoms with E-state index in [0.717, 1.165) is 168 Å². The summed E-state index contributed by atoms with van der Waals surface area (Å²) in [5, 5.41) is 7.24. The van der Waals surface area contributed by atoms with E-state index in [1.165, 1.54) is 43.2 Å². The molecule has 6 heteroatoms. The lowest BCUT2D eigenvalue weighted by Crippen LogP contribution is -2.58. The van der Waals surface area contributed by atoms with Crippen LogP contribution in [-0.2, 0) is 0 Å². The molecule has 96 heavy (non-hydrogen) atoms. The van der Waals surface area contributed by atoms with Gasteiger partial charge in [-0.15, -0.1) is 0 Å². The first-order valence-corrected chi connectivity index (χ1v) is 33.1. The highest BCUT2D eigenvalue weighted by Crippen LogP contribution is 2.56. The van der Waals surface area contributed by atoms with Crippen molar-refractivity contribution in [1.29, 1.82) is 0 Å². The molecule has 0 N–H and O–H groups in total. The Morgan fingerprint density at radius 2 is 0.542 bits per heavy atom. The lowest BCUT2D eigenvalue weighted by molar-refractivity contribution is 0.409. The molecule has 0 radical (unpaired) electrons. The summed E-state index contributed by atoms with van der Waals surface area (Å²) in [4.78, 5) is 0. The van der Waals surface area contributed by atoms with Crippen LogP contribution in [0.3, 0.4) is 0 Å². The van der Waals surface area contributed by atoms with Gasteiger partial charge in [-0.05, 0) is 226 Å². The molecular weight excluding hydrogens is 1170 g/mol. The van der Waals surface area contributed by atoms with Crippen molar-refractivity contribution in [1.82, 2.24) is 0 Å². The highest BCUT2D eigenvalue weighted by molar-refractivity contribution is 7.01. The number of ether oxygens (including phenoxy) is 4. The van der Waals surface area contributed by atoms with Gasteiger partial charge in [0.05, 0.1) is 14.2 Å². The van der Waals surface area contributed by atoms with Crippen LogP contribution in [0.5, 0.6) is 34.5 Å². The molecule has 4 nitrogen and oxygen atoms in total. The van der Waals surface area contributed by atoms with Crippen molar-refractivity contribution >= 4 is 78.5 Å². The third kappa shape index (κ3) is 8.06. The molecule has 0 unspecified atom stereocenters. The minimum atomic E-state index is -0.210. The number of hydrogen-bond donors (Lipinski definition) is 0. The largest absolute Gasteiger partial charge is 0.497 e. The van der Waals surface area contributed by atoms with E-state index in [0.29, 0.717) is 0 Å². The van der Waals surface area contributed by atoms with Crippen molar-refractivity contribution in [2.75, 3.05) is 14.2 Å². The first-order chi connectivity index (χ1) is 47.5. The van der Waals surface area contributed by atoms with E-state index in [1.807, 2.05) is 0 Å². The van der Waals surface area contributed by atoms with Gasteiger partial charge in [0.1, 0.15) is 34.5 Å². The van der Waals surface area contributed by atoms with Crippen molar-refractivity contribution in [2.45, 2.75) is 0 Å². The maximum Gasteiger partial charge on any atom is 0.252 e. The quantitative estimate of drug-likeness (QED) is 0.101. The van der Waals surface area contributed by atoms with Gasteiger partial charge >= 0.3 is 0 Å². The average molecular weight is 1220 g/mol. The molecule has 4 aliphatic rings. The Morgan fingerprint density at radius 3 is 0.875 bits per heavy atom. The summed E-state index contributed by atoms with van der Waals surface area (Å²) in [6.45, 7) is -0.420. The predicted molar refractivity (Wildman–Crippen MR) is 400 cm³/mol. The number of benzene rings is 16. The van der Waals surface area contributed by atoms with E-state index in [1.54, 1.807) is 14.2 Å². The molecule has 0 saturated carbocycles. The van der Waals surface area contributed by atoms with Gasteiger partial charge in [-0.2, -0.15) is 0 Å². The highest BCUT2D eigenvalue weighted by atomic mass is 16.5. The van der Waals surface area contributed by atoms with E-state index in [-0.39, 0.29) is 13.4 Å². The van der Waals surface area contributed by atoms with Crippen molar-refractivity contribution in [3.05, 3.63) is 303 Å². The van der Waals surface area contributed by atoms with Crippen LogP contribution in [0.2, 0.25) is 0 Å². The molecule has 0 fully saturated rings.